The van der Waals surface area contributed by atoms with E-state index >= 15 is 0 Å². The molecule has 2 atom stereocenters. The summed E-state index contributed by atoms with van der Waals surface area (Å²) in [7, 11) is 1.45. The van der Waals surface area contributed by atoms with Gasteiger partial charge in [0.25, 0.3) is 0 Å². The third-order valence-corrected chi connectivity index (χ3v) is 4.66. The van der Waals surface area contributed by atoms with E-state index in [0.29, 0.717) is 30.8 Å². The first-order valence-corrected chi connectivity index (χ1v) is 8.91. The van der Waals surface area contributed by atoms with Gasteiger partial charge in [0, 0.05) is 18.7 Å². The Morgan fingerprint density at radius 1 is 1.44 bits per heavy atom. The van der Waals surface area contributed by atoms with Crippen LogP contribution in [-0.4, -0.2) is 47.4 Å². The maximum Gasteiger partial charge on any atom is 0.305 e. The average molecular weight is 377 g/mol. The van der Waals surface area contributed by atoms with Gasteiger partial charge in [-0.15, -0.1) is 0 Å². The van der Waals surface area contributed by atoms with Crippen LogP contribution in [-0.2, 0) is 14.3 Å². The van der Waals surface area contributed by atoms with Gasteiger partial charge in [0.15, 0.2) is 11.5 Å². The van der Waals surface area contributed by atoms with Gasteiger partial charge in [0.2, 0.25) is 5.91 Å². The second kappa shape index (κ2) is 8.90. The fourth-order valence-electron chi connectivity index (χ4n) is 3.35. The molecule has 27 heavy (non-hydrogen) atoms. The third kappa shape index (κ3) is 6.29. The molecule has 1 aliphatic heterocycles. The Hall–Kier alpha value is -2.54. The van der Waals surface area contributed by atoms with Crippen LogP contribution in [0.1, 0.15) is 38.7 Å². The van der Waals surface area contributed by atoms with Gasteiger partial charge in [-0.2, -0.15) is 0 Å². The number of amides is 1. The minimum absolute atomic E-state index is 0.0164. The number of carbonyl (C=O) groups excluding carboxylic acids is 1. The van der Waals surface area contributed by atoms with E-state index in [0.717, 1.165) is 0 Å². The zero-order valence-corrected chi connectivity index (χ0v) is 15.9. The molecule has 0 unspecified atom stereocenters. The van der Waals surface area contributed by atoms with Crippen molar-refractivity contribution < 1.29 is 29.3 Å². The predicted octanol–water partition coefficient (Wildman–Crippen LogP) is 2.58. The van der Waals surface area contributed by atoms with Gasteiger partial charge in [0.1, 0.15) is 0 Å². The molecule has 1 fully saturated rings. The number of methoxy groups -OCH3 is 1. The highest BCUT2D eigenvalue weighted by Gasteiger charge is 2.34. The number of phenols is 1. The zero-order valence-electron chi connectivity index (χ0n) is 15.9. The van der Waals surface area contributed by atoms with Crippen LogP contribution < -0.4 is 10.1 Å². The van der Waals surface area contributed by atoms with Gasteiger partial charge in [-0.1, -0.05) is 6.07 Å². The molecule has 3 N–H and O–H groups in total. The molecule has 0 aliphatic carbocycles. The van der Waals surface area contributed by atoms with Gasteiger partial charge in [-0.25, -0.2) is 0 Å². The normalized spacial score (nSPS) is 20.2. The number of aliphatic carboxylic acids is 1. The van der Waals surface area contributed by atoms with Crippen LogP contribution in [0.25, 0.3) is 6.08 Å². The number of aromatic hydroxyl groups is 1. The summed E-state index contributed by atoms with van der Waals surface area (Å²) >= 11 is 0. The lowest BCUT2D eigenvalue weighted by atomic mass is 9.82. The Balaban J connectivity index is 2.05. The van der Waals surface area contributed by atoms with Crippen molar-refractivity contribution in [1.29, 1.82) is 0 Å². The van der Waals surface area contributed by atoms with Crippen LogP contribution in [0.5, 0.6) is 11.5 Å². The van der Waals surface area contributed by atoms with Crippen molar-refractivity contribution in [2.24, 2.45) is 5.92 Å². The molecule has 1 aromatic carbocycles. The predicted molar refractivity (Wildman–Crippen MR) is 101 cm³/mol. The van der Waals surface area contributed by atoms with Crippen LogP contribution in [0.3, 0.4) is 0 Å². The molecule has 148 valence electrons. The van der Waals surface area contributed by atoms with E-state index in [1.807, 2.05) is 13.8 Å². The maximum atomic E-state index is 12.3. The lowest BCUT2D eigenvalue weighted by Gasteiger charge is -2.39. The highest BCUT2D eigenvalue weighted by molar-refractivity contribution is 5.92. The fraction of sp³-hybridized carbons (Fsp3) is 0.500. The summed E-state index contributed by atoms with van der Waals surface area (Å²) in [6, 6.07) is 4.28. The first kappa shape index (κ1) is 20.8. The number of hydrogen-bond donors (Lipinski definition) is 3. The van der Waals surface area contributed by atoms with Crippen molar-refractivity contribution in [1.82, 2.24) is 5.32 Å². The Morgan fingerprint density at radius 2 is 2.19 bits per heavy atom. The van der Waals surface area contributed by atoms with Crippen LogP contribution in [0, 0.1) is 5.92 Å². The molecule has 0 bridgehead atoms. The molecule has 7 heteroatoms. The first-order chi connectivity index (χ1) is 12.7. The standard InChI is InChI=1S/C20H27NO6/c1-20(2)12-14(8-9-27-20)15(11-19(24)25)21-18(23)7-5-13-4-6-16(22)17(10-13)26-3/h4-7,10,14-15,22H,8-9,11-12H2,1-3H3,(H,21,23)(H,24,25)/b7-5+/t14-,15+/m1/s1. The monoisotopic (exact) mass is 377 g/mol. The summed E-state index contributed by atoms with van der Waals surface area (Å²) in [6.07, 6.45) is 4.20. The van der Waals surface area contributed by atoms with Gasteiger partial charge >= 0.3 is 5.97 Å². The SMILES string of the molecule is COc1cc(/C=C/C(=O)N[C@@H](CC(=O)O)[C@@H]2CCOC(C)(C)C2)ccc1O. The average Bonchev–Trinajstić information content (AvgIpc) is 2.59. The van der Waals surface area contributed by atoms with Gasteiger partial charge in [-0.05, 0) is 56.4 Å². The molecular weight excluding hydrogens is 350 g/mol. The summed E-state index contributed by atoms with van der Waals surface area (Å²) in [5, 5.41) is 21.6. The van der Waals surface area contributed by atoms with Gasteiger partial charge < -0.3 is 25.0 Å². The van der Waals surface area contributed by atoms with E-state index < -0.39 is 12.0 Å². The van der Waals surface area contributed by atoms with Crippen molar-refractivity contribution in [3.63, 3.8) is 0 Å². The number of benzene rings is 1. The summed E-state index contributed by atoms with van der Waals surface area (Å²) < 4.78 is 10.7. The number of nitrogens with one attached hydrogen (secondary N) is 1. The van der Waals surface area contributed by atoms with Crippen LogP contribution in [0.15, 0.2) is 24.3 Å². The van der Waals surface area contributed by atoms with Crippen LogP contribution in [0.4, 0.5) is 0 Å². The number of carbonyl (C=O) groups is 2. The Morgan fingerprint density at radius 3 is 2.81 bits per heavy atom. The Kier molecular flexibility index (Phi) is 6.85. The van der Waals surface area contributed by atoms with E-state index in [1.165, 1.54) is 19.3 Å². The molecule has 0 spiro atoms. The van der Waals surface area contributed by atoms with Crippen LogP contribution >= 0.6 is 0 Å². The first-order valence-electron chi connectivity index (χ1n) is 8.91. The lowest BCUT2D eigenvalue weighted by molar-refractivity contribution is -0.139. The minimum Gasteiger partial charge on any atom is -0.504 e. The number of phenolic OH excluding ortho intramolecular Hbond substituents is 1. The van der Waals surface area contributed by atoms with Gasteiger partial charge in [-0.3, -0.25) is 9.59 Å². The summed E-state index contributed by atoms with van der Waals surface area (Å²) in [4.78, 5) is 23.6. The smallest absolute Gasteiger partial charge is 0.305 e. The second-order valence-electron chi connectivity index (χ2n) is 7.34. The van der Waals surface area contributed by atoms with Gasteiger partial charge in [0.05, 0.1) is 19.1 Å². The number of hydrogen-bond acceptors (Lipinski definition) is 5. The summed E-state index contributed by atoms with van der Waals surface area (Å²) in [6.45, 7) is 4.49. The zero-order chi connectivity index (χ0) is 20.0. The highest BCUT2D eigenvalue weighted by atomic mass is 16.5. The molecule has 0 aromatic heterocycles. The van der Waals surface area contributed by atoms with Crippen molar-refractivity contribution in [2.75, 3.05) is 13.7 Å². The topological polar surface area (TPSA) is 105 Å². The molecule has 7 nitrogen and oxygen atoms in total. The molecule has 1 saturated heterocycles. The van der Waals surface area contributed by atoms with Crippen molar-refractivity contribution in [2.45, 2.75) is 44.8 Å². The van der Waals surface area contributed by atoms with Crippen molar-refractivity contribution in [3.05, 3.63) is 29.8 Å². The number of rotatable bonds is 7. The van der Waals surface area contributed by atoms with Crippen LogP contribution in [0.2, 0.25) is 0 Å². The minimum atomic E-state index is -0.947. The fourth-order valence-corrected chi connectivity index (χ4v) is 3.35. The number of carboxylic acid groups (broad SMARTS) is 1. The number of ether oxygens (including phenoxy) is 2. The molecule has 0 saturated carbocycles. The van der Waals surface area contributed by atoms with Crippen molar-refractivity contribution >= 4 is 18.0 Å². The Labute approximate surface area is 159 Å². The highest BCUT2D eigenvalue weighted by Crippen LogP contribution is 2.32. The molecule has 2 rings (SSSR count). The van der Waals surface area contributed by atoms with Crippen molar-refractivity contribution in [3.8, 4) is 11.5 Å². The second-order valence-corrected chi connectivity index (χ2v) is 7.34. The molecule has 1 amide bonds. The summed E-state index contributed by atoms with van der Waals surface area (Å²) in [5.74, 6) is -0.945. The molecule has 1 aliphatic rings. The quantitative estimate of drug-likeness (QED) is 0.631. The molecule has 0 radical (unpaired) electrons. The maximum absolute atomic E-state index is 12.3. The summed E-state index contributed by atoms with van der Waals surface area (Å²) in [5.41, 5.74) is 0.352. The molecule has 1 aromatic rings. The molecular formula is C20H27NO6. The van der Waals surface area contributed by atoms with E-state index in [2.05, 4.69) is 5.32 Å². The third-order valence-electron chi connectivity index (χ3n) is 4.66. The molecule has 1 heterocycles. The van der Waals surface area contributed by atoms with E-state index in [9.17, 15) is 19.8 Å². The largest absolute Gasteiger partial charge is 0.504 e. The van der Waals surface area contributed by atoms with E-state index in [-0.39, 0.29) is 29.6 Å². The number of carboxylic acids is 1. The lowest BCUT2D eigenvalue weighted by Crippen LogP contribution is -2.46. The Bertz CT molecular complexity index is 712. The van der Waals surface area contributed by atoms with E-state index in [4.69, 9.17) is 9.47 Å². The van der Waals surface area contributed by atoms with E-state index in [1.54, 1.807) is 18.2 Å².